The number of likely N-dealkylation sites (N-methyl/N-ethyl adjacent to an activating group) is 1. The van der Waals surface area contributed by atoms with Gasteiger partial charge in [-0.2, -0.15) is 0 Å². The first kappa shape index (κ1) is 15.2. The summed E-state index contributed by atoms with van der Waals surface area (Å²) in [5, 5.41) is 3.38. The van der Waals surface area contributed by atoms with Crippen LogP contribution in [0.25, 0.3) is 0 Å². The molecule has 3 nitrogen and oxygen atoms in total. The molecule has 1 aromatic rings. The van der Waals surface area contributed by atoms with E-state index in [1.807, 2.05) is 25.2 Å². The molecule has 0 radical (unpaired) electrons. The lowest BCUT2D eigenvalue weighted by Crippen LogP contribution is -2.39. The molecule has 0 bridgehead atoms. The van der Waals surface area contributed by atoms with E-state index in [0.29, 0.717) is 5.92 Å². The van der Waals surface area contributed by atoms with Crippen molar-refractivity contribution in [2.45, 2.75) is 25.5 Å². The highest BCUT2D eigenvalue weighted by atomic mass is 16.5. The van der Waals surface area contributed by atoms with Crippen molar-refractivity contribution in [3.05, 3.63) is 35.9 Å². The van der Waals surface area contributed by atoms with E-state index in [2.05, 4.69) is 24.4 Å². The van der Waals surface area contributed by atoms with E-state index in [-0.39, 0.29) is 12.1 Å². The van der Waals surface area contributed by atoms with Crippen LogP contribution >= 0.6 is 0 Å². The summed E-state index contributed by atoms with van der Waals surface area (Å²) in [6.45, 7) is 3.01. The average molecular weight is 251 g/mol. The third-order valence-electron chi connectivity index (χ3n) is 3.43. The Morgan fingerprint density at radius 2 is 1.83 bits per heavy atom. The molecule has 1 N–H and O–H groups in total. The van der Waals surface area contributed by atoms with Gasteiger partial charge in [-0.25, -0.2) is 0 Å². The van der Waals surface area contributed by atoms with Gasteiger partial charge < -0.3 is 14.8 Å². The van der Waals surface area contributed by atoms with Crippen molar-refractivity contribution in [2.75, 3.05) is 27.9 Å². The maximum absolute atomic E-state index is 5.69. The van der Waals surface area contributed by atoms with Gasteiger partial charge in [-0.1, -0.05) is 37.3 Å². The highest BCUT2D eigenvalue weighted by Crippen LogP contribution is 2.26. The largest absolute Gasteiger partial charge is 0.385 e. The second kappa shape index (κ2) is 8.25. The number of hydrogen-bond acceptors (Lipinski definition) is 3. The van der Waals surface area contributed by atoms with Crippen LogP contribution in [0.1, 0.15) is 25.0 Å². The van der Waals surface area contributed by atoms with E-state index in [0.717, 1.165) is 13.0 Å². The molecule has 0 aliphatic carbocycles. The van der Waals surface area contributed by atoms with E-state index < -0.39 is 0 Å². The smallest absolute Gasteiger partial charge is 0.0976 e. The number of hydrogen-bond donors (Lipinski definition) is 1. The van der Waals surface area contributed by atoms with Crippen molar-refractivity contribution < 1.29 is 9.47 Å². The Bertz CT molecular complexity index is 316. The Morgan fingerprint density at radius 1 is 1.17 bits per heavy atom. The molecule has 0 spiro atoms. The highest BCUT2D eigenvalue weighted by molar-refractivity contribution is 5.19. The van der Waals surface area contributed by atoms with Gasteiger partial charge in [0, 0.05) is 26.9 Å². The van der Waals surface area contributed by atoms with Gasteiger partial charge in [0.15, 0.2) is 0 Å². The quantitative estimate of drug-likeness (QED) is 0.770. The molecular weight excluding hydrogens is 226 g/mol. The Kier molecular flexibility index (Phi) is 6.94. The standard InChI is InChI=1S/C15H25NO2/c1-12(10-11-17-3)14(16-2)15(18-4)13-8-6-5-7-9-13/h5-9,12,14-16H,10-11H2,1-4H3. The van der Waals surface area contributed by atoms with E-state index >= 15 is 0 Å². The molecule has 3 heteroatoms. The maximum Gasteiger partial charge on any atom is 0.0976 e. The second-order valence-corrected chi connectivity index (χ2v) is 4.64. The van der Waals surface area contributed by atoms with Crippen LogP contribution in [-0.4, -0.2) is 33.9 Å². The molecule has 0 aliphatic rings. The van der Waals surface area contributed by atoms with Crippen molar-refractivity contribution in [2.24, 2.45) is 5.92 Å². The first-order chi connectivity index (χ1) is 8.74. The number of methoxy groups -OCH3 is 2. The Labute approximate surface area is 110 Å². The van der Waals surface area contributed by atoms with Crippen LogP contribution in [0.2, 0.25) is 0 Å². The van der Waals surface area contributed by atoms with Gasteiger partial charge >= 0.3 is 0 Å². The van der Waals surface area contributed by atoms with Crippen LogP contribution in [0.3, 0.4) is 0 Å². The van der Waals surface area contributed by atoms with Gasteiger partial charge in [0.05, 0.1) is 6.10 Å². The highest BCUT2D eigenvalue weighted by Gasteiger charge is 2.26. The zero-order chi connectivity index (χ0) is 13.4. The predicted octanol–water partition coefficient (Wildman–Crippen LogP) is 2.63. The molecule has 0 aromatic heterocycles. The van der Waals surface area contributed by atoms with Gasteiger partial charge in [-0.3, -0.25) is 0 Å². The van der Waals surface area contributed by atoms with Gasteiger partial charge in [0.2, 0.25) is 0 Å². The minimum atomic E-state index is 0.0723. The number of rotatable bonds is 8. The van der Waals surface area contributed by atoms with Crippen LogP contribution in [0.4, 0.5) is 0 Å². The number of ether oxygens (including phenoxy) is 2. The average Bonchev–Trinajstić information content (AvgIpc) is 2.42. The predicted molar refractivity (Wildman–Crippen MR) is 74.7 cm³/mol. The third kappa shape index (κ3) is 4.09. The summed E-state index contributed by atoms with van der Waals surface area (Å²) in [7, 11) is 5.50. The molecule has 0 fully saturated rings. The van der Waals surface area contributed by atoms with Crippen LogP contribution in [-0.2, 0) is 9.47 Å². The van der Waals surface area contributed by atoms with E-state index in [1.165, 1.54) is 5.56 Å². The van der Waals surface area contributed by atoms with Crippen LogP contribution in [0.15, 0.2) is 30.3 Å². The topological polar surface area (TPSA) is 30.5 Å². The minimum absolute atomic E-state index is 0.0723. The van der Waals surface area contributed by atoms with Crippen LogP contribution in [0, 0.1) is 5.92 Å². The Hall–Kier alpha value is -0.900. The van der Waals surface area contributed by atoms with Crippen molar-refractivity contribution in [3.8, 4) is 0 Å². The monoisotopic (exact) mass is 251 g/mol. The van der Waals surface area contributed by atoms with E-state index in [9.17, 15) is 0 Å². The normalized spacial score (nSPS) is 16.2. The summed E-state index contributed by atoms with van der Waals surface area (Å²) in [5.41, 5.74) is 1.21. The fraction of sp³-hybridized carbons (Fsp3) is 0.600. The molecule has 0 saturated carbocycles. The SMILES string of the molecule is CNC(C(C)CCOC)C(OC)c1ccccc1. The molecule has 18 heavy (non-hydrogen) atoms. The zero-order valence-electron chi connectivity index (χ0n) is 11.8. The van der Waals surface area contributed by atoms with Gasteiger partial charge in [-0.05, 0) is 24.9 Å². The van der Waals surface area contributed by atoms with Crippen molar-refractivity contribution in [3.63, 3.8) is 0 Å². The van der Waals surface area contributed by atoms with Crippen molar-refractivity contribution in [1.29, 1.82) is 0 Å². The molecule has 0 saturated heterocycles. The number of nitrogens with one attached hydrogen (secondary N) is 1. The maximum atomic E-state index is 5.69. The zero-order valence-corrected chi connectivity index (χ0v) is 11.8. The molecule has 0 heterocycles. The summed E-state index contributed by atoms with van der Waals surface area (Å²) in [6.07, 6.45) is 1.09. The first-order valence-electron chi connectivity index (χ1n) is 6.48. The third-order valence-corrected chi connectivity index (χ3v) is 3.43. The van der Waals surface area contributed by atoms with Crippen molar-refractivity contribution >= 4 is 0 Å². The Morgan fingerprint density at radius 3 is 2.33 bits per heavy atom. The summed E-state index contributed by atoms with van der Waals surface area (Å²) < 4.78 is 10.8. The summed E-state index contributed by atoms with van der Waals surface area (Å²) in [6, 6.07) is 10.6. The molecule has 3 atom stereocenters. The van der Waals surface area contributed by atoms with Crippen LogP contribution < -0.4 is 5.32 Å². The summed E-state index contributed by atoms with van der Waals surface area (Å²) in [5.74, 6) is 0.486. The molecule has 1 aromatic carbocycles. The van der Waals surface area contributed by atoms with E-state index in [1.54, 1.807) is 14.2 Å². The summed E-state index contributed by atoms with van der Waals surface area (Å²) >= 11 is 0. The first-order valence-corrected chi connectivity index (χ1v) is 6.48. The lowest BCUT2D eigenvalue weighted by atomic mass is 9.90. The fourth-order valence-electron chi connectivity index (χ4n) is 2.35. The van der Waals surface area contributed by atoms with Crippen molar-refractivity contribution in [1.82, 2.24) is 5.32 Å². The van der Waals surface area contributed by atoms with Gasteiger partial charge in [-0.15, -0.1) is 0 Å². The van der Waals surface area contributed by atoms with Gasteiger partial charge in [0.1, 0.15) is 0 Å². The molecule has 102 valence electrons. The van der Waals surface area contributed by atoms with Gasteiger partial charge in [0.25, 0.3) is 0 Å². The second-order valence-electron chi connectivity index (χ2n) is 4.64. The fourth-order valence-corrected chi connectivity index (χ4v) is 2.35. The molecular formula is C15H25NO2. The lowest BCUT2D eigenvalue weighted by Gasteiger charge is -2.31. The van der Waals surface area contributed by atoms with E-state index in [4.69, 9.17) is 9.47 Å². The number of benzene rings is 1. The Balaban J connectivity index is 2.77. The molecule has 0 aliphatic heterocycles. The summed E-state index contributed by atoms with van der Waals surface area (Å²) in [4.78, 5) is 0. The molecule has 3 unspecified atom stereocenters. The molecule has 0 amide bonds. The van der Waals surface area contributed by atoms with Crippen LogP contribution in [0.5, 0.6) is 0 Å². The molecule has 1 rings (SSSR count). The minimum Gasteiger partial charge on any atom is -0.385 e. The lowest BCUT2D eigenvalue weighted by molar-refractivity contribution is 0.0450.